The zero-order chi connectivity index (χ0) is 13.5. The van der Waals surface area contributed by atoms with Gasteiger partial charge in [0.2, 0.25) is 0 Å². The Morgan fingerprint density at radius 3 is 2.72 bits per heavy atom. The first-order valence-electron chi connectivity index (χ1n) is 6.29. The van der Waals surface area contributed by atoms with E-state index in [1.807, 2.05) is 26.1 Å². The number of ether oxygens (including phenoxy) is 1. The molecule has 0 saturated heterocycles. The molecule has 1 rings (SSSR count). The van der Waals surface area contributed by atoms with Crippen molar-refractivity contribution in [3.63, 3.8) is 0 Å². The van der Waals surface area contributed by atoms with Crippen molar-refractivity contribution in [2.24, 2.45) is 0 Å². The molecule has 0 amide bonds. The molecule has 1 aromatic rings. The molecule has 0 bridgehead atoms. The maximum absolute atomic E-state index is 12.1. The van der Waals surface area contributed by atoms with Crippen molar-refractivity contribution < 1.29 is 8.95 Å². The predicted octanol–water partition coefficient (Wildman–Crippen LogP) is 2.46. The quantitative estimate of drug-likeness (QED) is 0.826. The minimum absolute atomic E-state index is 0.225. The summed E-state index contributed by atoms with van der Waals surface area (Å²) < 4.78 is 17.5. The molecular weight excluding hydrogens is 246 g/mol. The van der Waals surface area contributed by atoms with Crippen LogP contribution in [0.1, 0.15) is 31.4 Å². The Balaban J connectivity index is 2.90. The van der Waals surface area contributed by atoms with Crippen molar-refractivity contribution >= 4 is 10.8 Å². The van der Waals surface area contributed by atoms with Gasteiger partial charge < -0.3 is 10.1 Å². The Kier molecular flexibility index (Phi) is 6.36. The Bertz CT molecular complexity index is 407. The first-order chi connectivity index (χ1) is 8.62. The van der Waals surface area contributed by atoms with Gasteiger partial charge >= 0.3 is 0 Å². The number of hydrogen-bond donors (Lipinski definition) is 1. The molecule has 4 heteroatoms. The average Bonchev–Trinajstić information content (AvgIpc) is 2.38. The summed E-state index contributed by atoms with van der Waals surface area (Å²) >= 11 is 0. The predicted molar refractivity (Wildman–Crippen MR) is 77.4 cm³/mol. The Morgan fingerprint density at radius 2 is 2.17 bits per heavy atom. The summed E-state index contributed by atoms with van der Waals surface area (Å²) in [6.07, 6.45) is 0.936. The molecule has 0 fully saturated rings. The van der Waals surface area contributed by atoms with Crippen LogP contribution in [0, 0.1) is 0 Å². The Morgan fingerprint density at radius 1 is 1.44 bits per heavy atom. The lowest BCUT2D eigenvalue weighted by Gasteiger charge is -2.13. The summed E-state index contributed by atoms with van der Waals surface area (Å²) in [6, 6.07) is 6.07. The van der Waals surface area contributed by atoms with Gasteiger partial charge in [0.15, 0.2) is 0 Å². The Labute approximate surface area is 112 Å². The van der Waals surface area contributed by atoms with Crippen LogP contribution < -0.4 is 10.1 Å². The number of methoxy groups -OCH3 is 1. The summed E-state index contributed by atoms with van der Waals surface area (Å²) in [5, 5.41) is 3.34. The standard InChI is InChI=1S/C14H23NO2S/c1-5-11(2)18(16)10-13-8-12(9-15-3)6-7-14(13)17-4/h6-8,11,15H,5,9-10H2,1-4H3. The van der Waals surface area contributed by atoms with Crippen LogP contribution in [-0.2, 0) is 23.1 Å². The van der Waals surface area contributed by atoms with Gasteiger partial charge in [0.1, 0.15) is 5.75 Å². The van der Waals surface area contributed by atoms with Gasteiger partial charge in [-0.3, -0.25) is 4.21 Å². The highest BCUT2D eigenvalue weighted by Crippen LogP contribution is 2.22. The van der Waals surface area contributed by atoms with Crippen LogP contribution >= 0.6 is 0 Å². The van der Waals surface area contributed by atoms with E-state index in [2.05, 4.69) is 18.3 Å². The fourth-order valence-corrected chi connectivity index (χ4v) is 2.93. The molecule has 18 heavy (non-hydrogen) atoms. The lowest BCUT2D eigenvalue weighted by atomic mass is 10.1. The van der Waals surface area contributed by atoms with Crippen molar-refractivity contribution in [3.8, 4) is 5.75 Å². The summed E-state index contributed by atoms with van der Waals surface area (Å²) in [4.78, 5) is 0. The van der Waals surface area contributed by atoms with Gasteiger partial charge in [-0.25, -0.2) is 0 Å². The second kappa shape index (κ2) is 7.54. The third-order valence-electron chi connectivity index (χ3n) is 3.05. The zero-order valence-corrected chi connectivity index (χ0v) is 12.5. The van der Waals surface area contributed by atoms with Crippen molar-refractivity contribution in [3.05, 3.63) is 29.3 Å². The van der Waals surface area contributed by atoms with Gasteiger partial charge in [-0.15, -0.1) is 0 Å². The lowest BCUT2D eigenvalue weighted by Crippen LogP contribution is -2.12. The fourth-order valence-electron chi connectivity index (χ4n) is 1.74. The average molecular weight is 269 g/mol. The highest BCUT2D eigenvalue weighted by atomic mass is 32.2. The van der Waals surface area contributed by atoms with Crippen LogP contribution in [0.15, 0.2) is 18.2 Å². The molecule has 0 saturated carbocycles. The van der Waals surface area contributed by atoms with Crippen LogP contribution in [0.2, 0.25) is 0 Å². The van der Waals surface area contributed by atoms with Crippen molar-refractivity contribution in [2.75, 3.05) is 14.2 Å². The van der Waals surface area contributed by atoms with Gasteiger partial charge in [-0.1, -0.05) is 19.9 Å². The van der Waals surface area contributed by atoms with Gasteiger partial charge in [0, 0.05) is 28.2 Å². The molecule has 0 aliphatic heterocycles. The Hall–Kier alpha value is -0.870. The molecule has 102 valence electrons. The van der Waals surface area contributed by atoms with Crippen LogP contribution in [0.3, 0.4) is 0 Å². The number of nitrogens with one attached hydrogen (secondary N) is 1. The summed E-state index contributed by atoms with van der Waals surface area (Å²) in [7, 11) is 2.73. The highest BCUT2D eigenvalue weighted by Gasteiger charge is 2.13. The topological polar surface area (TPSA) is 38.3 Å². The first-order valence-corrected chi connectivity index (χ1v) is 7.68. The van der Waals surface area contributed by atoms with Crippen LogP contribution in [0.4, 0.5) is 0 Å². The molecule has 0 radical (unpaired) electrons. The van der Waals surface area contributed by atoms with E-state index in [-0.39, 0.29) is 5.25 Å². The smallest absolute Gasteiger partial charge is 0.123 e. The monoisotopic (exact) mass is 269 g/mol. The minimum Gasteiger partial charge on any atom is -0.496 e. The van der Waals surface area contributed by atoms with E-state index >= 15 is 0 Å². The van der Waals surface area contributed by atoms with Gasteiger partial charge in [0.25, 0.3) is 0 Å². The largest absolute Gasteiger partial charge is 0.496 e. The molecule has 2 unspecified atom stereocenters. The lowest BCUT2D eigenvalue weighted by molar-refractivity contribution is 0.411. The third kappa shape index (κ3) is 4.10. The molecule has 2 atom stereocenters. The first kappa shape index (κ1) is 15.2. The van der Waals surface area contributed by atoms with E-state index < -0.39 is 10.8 Å². The van der Waals surface area contributed by atoms with Gasteiger partial charge in [-0.05, 0) is 31.2 Å². The third-order valence-corrected chi connectivity index (χ3v) is 4.87. The van der Waals surface area contributed by atoms with Crippen LogP contribution in [0.25, 0.3) is 0 Å². The van der Waals surface area contributed by atoms with E-state index in [4.69, 9.17) is 4.74 Å². The molecular formula is C14H23NO2S. The van der Waals surface area contributed by atoms with Crippen LogP contribution in [-0.4, -0.2) is 23.6 Å². The second-order valence-corrected chi connectivity index (χ2v) is 6.28. The van der Waals surface area contributed by atoms with Crippen molar-refractivity contribution in [2.45, 2.75) is 37.8 Å². The van der Waals surface area contributed by atoms with Gasteiger partial charge in [-0.2, -0.15) is 0 Å². The van der Waals surface area contributed by atoms with E-state index in [1.54, 1.807) is 7.11 Å². The van der Waals surface area contributed by atoms with E-state index in [1.165, 1.54) is 5.56 Å². The molecule has 0 aromatic heterocycles. The second-order valence-electron chi connectivity index (χ2n) is 4.42. The van der Waals surface area contributed by atoms with Gasteiger partial charge in [0.05, 0.1) is 12.9 Å². The summed E-state index contributed by atoms with van der Waals surface area (Å²) in [5.41, 5.74) is 2.22. The number of benzene rings is 1. The van der Waals surface area contributed by atoms with E-state index in [0.29, 0.717) is 5.75 Å². The molecule has 0 aliphatic carbocycles. The molecule has 3 nitrogen and oxygen atoms in total. The molecule has 0 spiro atoms. The number of hydrogen-bond acceptors (Lipinski definition) is 3. The van der Waals surface area contributed by atoms with E-state index in [0.717, 1.165) is 24.3 Å². The zero-order valence-electron chi connectivity index (χ0n) is 11.7. The number of rotatable bonds is 7. The molecule has 1 aromatic carbocycles. The fraction of sp³-hybridized carbons (Fsp3) is 0.571. The van der Waals surface area contributed by atoms with Crippen LogP contribution in [0.5, 0.6) is 5.75 Å². The maximum Gasteiger partial charge on any atom is 0.123 e. The summed E-state index contributed by atoms with van der Waals surface area (Å²) in [6.45, 7) is 4.91. The maximum atomic E-state index is 12.1. The molecule has 0 heterocycles. The molecule has 1 N–H and O–H groups in total. The van der Waals surface area contributed by atoms with Crippen molar-refractivity contribution in [1.29, 1.82) is 0 Å². The van der Waals surface area contributed by atoms with Crippen molar-refractivity contribution in [1.82, 2.24) is 5.32 Å². The molecule has 0 aliphatic rings. The highest BCUT2D eigenvalue weighted by molar-refractivity contribution is 7.84. The SMILES string of the molecule is CCC(C)S(=O)Cc1cc(CNC)ccc1OC. The normalized spacial score (nSPS) is 14.2. The minimum atomic E-state index is -0.840. The summed E-state index contributed by atoms with van der Waals surface area (Å²) in [5.74, 6) is 1.39. The van der Waals surface area contributed by atoms with E-state index in [9.17, 15) is 4.21 Å².